The van der Waals surface area contributed by atoms with Crippen LogP contribution in [0.15, 0.2) is 64.1 Å². The predicted molar refractivity (Wildman–Crippen MR) is 123 cm³/mol. The summed E-state index contributed by atoms with van der Waals surface area (Å²) >= 11 is 1.78. The van der Waals surface area contributed by atoms with Gasteiger partial charge in [0.1, 0.15) is 29.4 Å². The van der Waals surface area contributed by atoms with E-state index in [1.807, 2.05) is 30.3 Å². The molecule has 4 heterocycles. The molecule has 1 fully saturated rings. The number of rotatable bonds is 6. The molecular formula is C23H22N4O4S. The number of nitrogens with zero attached hydrogens (tertiary/aromatic N) is 4. The van der Waals surface area contributed by atoms with Crippen molar-refractivity contribution in [3.8, 4) is 17.1 Å². The van der Waals surface area contributed by atoms with Gasteiger partial charge in [-0.25, -0.2) is 4.99 Å². The van der Waals surface area contributed by atoms with E-state index in [4.69, 9.17) is 14.1 Å². The first kappa shape index (κ1) is 20.6. The molecule has 1 aromatic carbocycles. The zero-order valence-corrected chi connectivity index (χ0v) is 18.5. The third-order valence-corrected chi connectivity index (χ3v) is 7.03. The number of aliphatic imine (C=N–C) groups is 1. The van der Waals surface area contributed by atoms with Crippen molar-refractivity contribution >= 4 is 22.6 Å². The van der Waals surface area contributed by atoms with Crippen molar-refractivity contribution in [3.05, 3.63) is 76.3 Å². The molecule has 0 amide bonds. The monoisotopic (exact) mass is 450 g/mol. The zero-order valence-electron chi connectivity index (χ0n) is 17.7. The number of nitro groups is 1. The summed E-state index contributed by atoms with van der Waals surface area (Å²) in [6.45, 7) is 2.19. The molecule has 0 N–H and O–H groups in total. The highest BCUT2D eigenvalue weighted by Crippen LogP contribution is 2.49. The topological polar surface area (TPSA) is 94.0 Å². The van der Waals surface area contributed by atoms with E-state index < -0.39 is 4.92 Å². The van der Waals surface area contributed by atoms with Gasteiger partial charge in [-0.05, 0) is 36.8 Å². The molecule has 3 aromatic rings. The van der Waals surface area contributed by atoms with Crippen LogP contribution in [0, 0.1) is 10.1 Å². The van der Waals surface area contributed by atoms with Gasteiger partial charge in [-0.15, -0.1) is 0 Å². The molecule has 0 bridgehead atoms. The summed E-state index contributed by atoms with van der Waals surface area (Å²) in [5.74, 6) is 2.79. The van der Waals surface area contributed by atoms with E-state index in [-0.39, 0.29) is 17.8 Å². The summed E-state index contributed by atoms with van der Waals surface area (Å²) in [7, 11) is 1.49. The van der Waals surface area contributed by atoms with Gasteiger partial charge in [-0.1, -0.05) is 24.8 Å². The van der Waals surface area contributed by atoms with Crippen LogP contribution in [0.4, 0.5) is 5.69 Å². The van der Waals surface area contributed by atoms with Gasteiger partial charge in [0.15, 0.2) is 5.17 Å². The van der Waals surface area contributed by atoms with E-state index >= 15 is 0 Å². The number of aromatic nitrogens is 1. The Morgan fingerprint density at radius 1 is 1.28 bits per heavy atom. The maximum Gasteiger partial charge on any atom is 0.273 e. The molecule has 164 valence electrons. The van der Waals surface area contributed by atoms with Crippen LogP contribution >= 0.6 is 11.8 Å². The number of methoxy groups -OCH3 is 1. The van der Waals surface area contributed by atoms with Crippen molar-refractivity contribution in [2.24, 2.45) is 4.99 Å². The smallest absolute Gasteiger partial charge is 0.273 e. The van der Waals surface area contributed by atoms with Crippen molar-refractivity contribution in [1.29, 1.82) is 0 Å². The SMILES string of the molecule is CC[C@H]1CSC2=N[C@H](c3ccccn3)[C@@H](c3ccc(-c4ccc([N+](=O)[O-])cc4OC)o3)N21. The highest BCUT2D eigenvalue weighted by molar-refractivity contribution is 8.14. The van der Waals surface area contributed by atoms with Crippen LogP contribution in [0.25, 0.3) is 11.3 Å². The maximum atomic E-state index is 11.1. The normalized spacial score (nSPS) is 22.0. The van der Waals surface area contributed by atoms with E-state index in [0.717, 1.165) is 28.8 Å². The second-order valence-corrected chi connectivity index (χ2v) is 8.67. The van der Waals surface area contributed by atoms with Crippen LogP contribution in [-0.4, -0.2) is 38.9 Å². The van der Waals surface area contributed by atoms with Crippen LogP contribution in [0.5, 0.6) is 5.75 Å². The quantitative estimate of drug-likeness (QED) is 0.374. The molecule has 2 aliphatic rings. The molecule has 0 aliphatic carbocycles. The number of nitro benzene ring substituents is 1. The summed E-state index contributed by atoms with van der Waals surface area (Å²) in [5.41, 5.74) is 1.54. The Balaban J connectivity index is 1.55. The van der Waals surface area contributed by atoms with Gasteiger partial charge in [0.05, 0.1) is 29.4 Å². The maximum absolute atomic E-state index is 11.1. The van der Waals surface area contributed by atoms with E-state index in [2.05, 4.69) is 16.8 Å². The Bertz CT molecular complexity index is 1180. The molecule has 0 radical (unpaired) electrons. The van der Waals surface area contributed by atoms with Crippen LogP contribution < -0.4 is 4.74 Å². The van der Waals surface area contributed by atoms with Crippen molar-refractivity contribution in [3.63, 3.8) is 0 Å². The van der Waals surface area contributed by atoms with Crippen molar-refractivity contribution in [1.82, 2.24) is 9.88 Å². The van der Waals surface area contributed by atoms with E-state index in [1.54, 1.807) is 24.0 Å². The summed E-state index contributed by atoms with van der Waals surface area (Å²) in [6.07, 6.45) is 2.80. The highest BCUT2D eigenvalue weighted by atomic mass is 32.2. The molecule has 9 heteroatoms. The van der Waals surface area contributed by atoms with E-state index in [0.29, 0.717) is 23.1 Å². The number of hydrogen-bond acceptors (Lipinski definition) is 8. The number of ether oxygens (including phenoxy) is 1. The third-order valence-electron chi connectivity index (χ3n) is 5.91. The average molecular weight is 451 g/mol. The second-order valence-electron chi connectivity index (χ2n) is 7.68. The fourth-order valence-corrected chi connectivity index (χ4v) is 5.65. The lowest BCUT2D eigenvalue weighted by Gasteiger charge is -2.30. The van der Waals surface area contributed by atoms with Crippen LogP contribution in [0.3, 0.4) is 0 Å². The molecule has 3 atom stereocenters. The van der Waals surface area contributed by atoms with Gasteiger partial charge < -0.3 is 14.1 Å². The highest BCUT2D eigenvalue weighted by Gasteiger charge is 2.47. The van der Waals surface area contributed by atoms with Crippen LogP contribution in [-0.2, 0) is 0 Å². The van der Waals surface area contributed by atoms with Crippen LogP contribution in [0.2, 0.25) is 0 Å². The molecule has 0 unspecified atom stereocenters. The van der Waals surface area contributed by atoms with Gasteiger partial charge in [-0.3, -0.25) is 15.1 Å². The predicted octanol–water partition coefficient (Wildman–Crippen LogP) is 5.24. The molecule has 0 saturated carbocycles. The largest absolute Gasteiger partial charge is 0.496 e. The summed E-state index contributed by atoms with van der Waals surface area (Å²) in [4.78, 5) is 22.6. The number of benzene rings is 1. The Kier molecular flexibility index (Phi) is 5.34. The standard InChI is InChI=1S/C23H22N4O4S/c1-3-14-13-32-23-25-21(17-6-4-5-11-24-17)22(26(14)23)19-10-9-18(31-19)16-8-7-15(27(28)29)12-20(16)30-2/h4-12,14,21-22H,3,13H2,1-2H3/t14-,21+,22+/m0/s1. The number of furan rings is 1. The lowest BCUT2D eigenvalue weighted by atomic mass is 10.0. The average Bonchev–Trinajstić information content (AvgIpc) is 3.54. The fourth-order valence-electron chi connectivity index (χ4n) is 4.31. The van der Waals surface area contributed by atoms with Gasteiger partial charge in [0.25, 0.3) is 5.69 Å². The van der Waals surface area contributed by atoms with Crippen molar-refractivity contribution < 1.29 is 14.1 Å². The van der Waals surface area contributed by atoms with E-state index in [9.17, 15) is 10.1 Å². The fraction of sp³-hybridized carbons (Fsp3) is 0.304. The molecular weight excluding hydrogens is 428 g/mol. The number of amidine groups is 1. The van der Waals surface area contributed by atoms with Gasteiger partial charge >= 0.3 is 0 Å². The van der Waals surface area contributed by atoms with Crippen LogP contribution in [0.1, 0.15) is 36.9 Å². The van der Waals surface area contributed by atoms with Crippen molar-refractivity contribution in [2.75, 3.05) is 12.9 Å². The molecule has 1 saturated heterocycles. The second kappa shape index (κ2) is 8.31. The Morgan fingerprint density at radius 3 is 2.88 bits per heavy atom. The summed E-state index contributed by atoms with van der Waals surface area (Å²) in [6, 6.07) is 14.4. The minimum absolute atomic E-state index is 0.0266. The number of thioether (sulfide) groups is 1. The molecule has 8 nitrogen and oxygen atoms in total. The summed E-state index contributed by atoms with van der Waals surface area (Å²) < 4.78 is 11.8. The van der Waals surface area contributed by atoms with E-state index in [1.165, 1.54) is 19.2 Å². The molecule has 0 spiro atoms. The minimum Gasteiger partial charge on any atom is -0.496 e. The number of pyridine rings is 1. The number of non-ortho nitro benzene ring substituents is 1. The first-order valence-electron chi connectivity index (χ1n) is 10.4. The lowest BCUT2D eigenvalue weighted by molar-refractivity contribution is -0.384. The number of hydrogen-bond donors (Lipinski definition) is 0. The molecule has 5 rings (SSSR count). The van der Waals surface area contributed by atoms with Gasteiger partial charge in [0, 0.05) is 24.1 Å². The van der Waals surface area contributed by atoms with Crippen molar-refractivity contribution in [2.45, 2.75) is 31.5 Å². The molecule has 2 aromatic heterocycles. The third kappa shape index (κ3) is 3.42. The first-order valence-corrected chi connectivity index (χ1v) is 11.4. The van der Waals surface area contributed by atoms with Gasteiger partial charge in [0.2, 0.25) is 0 Å². The Morgan fingerprint density at radius 2 is 2.16 bits per heavy atom. The Hall–Kier alpha value is -3.33. The molecule has 2 aliphatic heterocycles. The first-order chi connectivity index (χ1) is 15.6. The van der Waals surface area contributed by atoms with Gasteiger partial charge in [-0.2, -0.15) is 0 Å². The lowest BCUT2D eigenvalue weighted by Crippen LogP contribution is -2.35. The zero-order chi connectivity index (χ0) is 22.2. The molecule has 32 heavy (non-hydrogen) atoms. The minimum atomic E-state index is -0.440. The number of fused-ring (bicyclic) bond motifs is 1. The Labute approximate surface area is 189 Å². The summed E-state index contributed by atoms with van der Waals surface area (Å²) in [5, 5.41) is 12.2.